The van der Waals surface area contributed by atoms with E-state index in [1.54, 1.807) is 6.07 Å². The van der Waals surface area contributed by atoms with Crippen LogP contribution >= 0.6 is 0 Å². The fourth-order valence-electron chi connectivity index (χ4n) is 3.17. The molecule has 118 valence electrons. The first-order valence-electron chi connectivity index (χ1n) is 8.02. The minimum Gasteiger partial charge on any atom is -0.326 e. The molecule has 0 aliphatic carbocycles. The lowest BCUT2D eigenvalue weighted by Crippen LogP contribution is -2.53. The summed E-state index contributed by atoms with van der Waals surface area (Å²) >= 11 is 0. The Labute approximate surface area is 127 Å². The van der Waals surface area contributed by atoms with Crippen molar-refractivity contribution in [1.82, 2.24) is 9.80 Å². The highest BCUT2D eigenvalue weighted by atomic mass is 19.1. The zero-order valence-electron chi connectivity index (χ0n) is 13.4. The Bertz CT molecular complexity index is 441. The number of hydrogen-bond acceptors (Lipinski definition) is 3. The number of nitrogens with zero attached hydrogens (tertiary/aromatic N) is 2. The van der Waals surface area contributed by atoms with Crippen molar-refractivity contribution in [2.24, 2.45) is 5.73 Å². The van der Waals surface area contributed by atoms with E-state index in [1.807, 2.05) is 12.1 Å². The number of hydrogen-bond donors (Lipinski definition) is 1. The van der Waals surface area contributed by atoms with Gasteiger partial charge in [0, 0.05) is 43.8 Å². The summed E-state index contributed by atoms with van der Waals surface area (Å²) in [5.74, 6) is -0.141. The quantitative estimate of drug-likeness (QED) is 0.906. The van der Waals surface area contributed by atoms with E-state index in [-0.39, 0.29) is 17.9 Å². The van der Waals surface area contributed by atoms with Gasteiger partial charge in [-0.3, -0.25) is 9.80 Å². The molecule has 1 heterocycles. The zero-order valence-corrected chi connectivity index (χ0v) is 13.4. The van der Waals surface area contributed by atoms with Gasteiger partial charge in [0.05, 0.1) is 6.04 Å². The molecular weight excluding hydrogens is 265 g/mol. The molecule has 0 aromatic heterocycles. The first-order valence-corrected chi connectivity index (χ1v) is 8.02. The average Bonchev–Trinajstić information content (AvgIpc) is 2.49. The van der Waals surface area contributed by atoms with Crippen LogP contribution in [0.15, 0.2) is 24.3 Å². The molecule has 1 aliphatic heterocycles. The molecule has 3 nitrogen and oxygen atoms in total. The van der Waals surface area contributed by atoms with Crippen molar-refractivity contribution in [3.63, 3.8) is 0 Å². The summed E-state index contributed by atoms with van der Waals surface area (Å²) in [6, 6.07) is 7.57. The number of piperazine rings is 1. The van der Waals surface area contributed by atoms with Gasteiger partial charge in [0.2, 0.25) is 0 Å². The molecule has 1 aromatic carbocycles. The van der Waals surface area contributed by atoms with Crippen molar-refractivity contribution in [3.05, 3.63) is 35.6 Å². The minimum absolute atomic E-state index is 0.0227. The maximum absolute atomic E-state index is 14.2. The van der Waals surface area contributed by atoms with Gasteiger partial charge in [-0.15, -0.1) is 0 Å². The van der Waals surface area contributed by atoms with E-state index in [9.17, 15) is 4.39 Å². The Kier molecular flexibility index (Phi) is 5.73. The van der Waals surface area contributed by atoms with Crippen LogP contribution in [0, 0.1) is 5.82 Å². The van der Waals surface area contributed by atoms with Crippen LogP contribution in [0.4, 0.5) is 4.39 Å². The van der Waals surface area contributed by atoms with Crippen molar-refractivity contribution in [2.75, 3.05) is 26.2 Å². The van der Waals surface area contributed by atoms with Gasteiger partial charge >= 0.3 is 0 Å². The van der Waals surface area contributed by atoms with Gasteiger partial charge in [0.15, 0.2) is 0 Å². The lowest BCUT2D eigenvalue weighted by molar-refractivity contribution is 0.0666. The number of nitrogens with two attached hydrogens (primary N) is 1. The summed E-state index contributed by atoms with van der Waals surface area (Å²) < 4.78 is 14.2. The molecule has 1 aliphatic rings. The number of rotatable bonds is 5. The van der Waals surface area contributed by atoms with E-state index in [0.717, 1.165) is 38.2 Å². The van der Waals surface area contributed by atoms with Gasteiger partial charge in [0.1, 0.15) is 5.82 Å². The smallest absolute Gasteiger partial charge is 0.128 e. The fourth-order valence-corrected chi connectivity index (χ4v) is 3.17. The lowest BCUT2D eigenvalue weighted by Gasteiger charge is -2.42. The Morgan fingerprint density at radius 3 is 2.19 bits per heavy atom. The third kappa shape index (κ3) is 3.82. The molecule has 0 spiro atoms. The van der Waals surface area contributed by atoms with Crippen molar-refractivity contribution in [3.8, 4) is 0 Å². The highest BCUT2D eigenvalue weighted by Crippen LogP contribution is 2.28. The lowest BCUT2D eigenvalue weighted by atomic mass is 9.95. The molecule has 21 heavy (non-hydrogen) atoms. The van der Waals surface area contributed by atoms with Crippen molar-refractivity contribution in [2.45, 2.75) is 45.3 Å². The van der Waals surface area contributed by atoms with Crippen LogP contribution in [0.2, 0.25) is 0 Å². The van der Waals surface area contributed by atoms with E-state index < -0.39 is 0 Å². The van der Waals surface area contributed by atoms with Gasteiger partial charge in [-0.1, -0.05) is 25.1 Å². The van der Waals surface area contributed by atoms with Crippen molar-refractivity contribution in [1.29, 1.82) is 0 Å². The van der Waals surface area contributed by atoms with Crippen LogP contribution in [0.3, 0.4) is 0 Å². The molecule has 0 amide bonds. The molecule has 0 saturated carbocycles. The third-order valence-corrected chi connectivity index (χ3v) is 4.57. The predicted octanol–water partition coefficient (Wildman–Crippen LogP) is 2.63. The first kappa shape index (κ1) is 16.4. The second-order valence-electron chi connectivity index (χ2n) is 6.20. The first-order chi connectivity index (χ1) is 10.0. The Morgan fingerprint density at radius 1 is 1.10 bits per heavy atom. The molecule has 2 atom stereocenters. The Morgan fingerprint density at radius 2 is 1.67 bits per heavy atom. The number of halogens is 1. The van der Waals surface area contributed by atoms with Gasteiger partial charge in [-0.25, -0.2) is 4.39 Å². The summed E-state index contributed by atoms with van der Waals surface area (Å²) in [5.41, 5.74) is 7.06. The molecule has 1 fully saturated rings. The van der Waals surface area contributed by atoms with E-state index in [0.29, 0.717) is 6.04 Å². The van der Waals surface area contributed by atoms with Gasteiger partial charge in [-0.2, -0.15) is 0 Å². The summed E-state index contributed by atoms with van der Waals surface area (Å²) in [6.07, 6.45) is 0.851. The summed E-state index contributed by atoms with van der Waals surface area (Å²) in [5, 5.41) is 0. The van der Waals surface area contributed by atoms with Crippen LogP contribution in [0.1, 0.15) is 38.8 Å². The zero-order chi connectivity index (χ0) is 15.4. The highest BCUT2D eigenvalue weighted by molar-refractivity contribution is 5.23. The number of benzene rings is 1. The summed E-state index contributed by atoms with van der Waals surface area (Å²) in [7, 11) is 0. The second kappa shape index (κ2) is 7.34. The Balaban J connectivity index is 2.17. The molecule has 2 unspecified atom stereocenters. The molecule has 0 radical (unpaired) electrons. The van der Waals surface area contributed by atoms with E-state index >= 15 is 0 Å². The van der Waals surface area contributed by atoms with Crippen LogP contribution in [0.25, 0.3) is 0 Å². The fraction of sp³-hybridized carbons (Fsp3) is 0.647. The maximum Gasteiger partial charge on any atom is 0.128 e. The van der Waals surface area contributed by atoms with Gasteiger partial charge in [0.25, 0.3) is 0 Å². The topological polar surface area (TPSA) is 32.5 Å². The molecule has 0 bridgehead atoms. The SMILES string of the molecule is CCC(N)C(c1ccccc1F)N1CCN(C(C)C)CC1. The minimum atomic E-state index is -0.141. The predicted molar refractivity (Wildman–Crippen MR) is 85.7 cm³/mol. The van der Waals surface area contributed by atoms with E-state index in [4.69, 9.17) is 5.73 Å². The molecular formula is C17H28FN3. The van der Waals surface area contributed by atoms with Crippen LogP contribution in [-0.4, -0.2) is 48.1 Å². The van der Waals surface area contributed by atoms with Crippen LogP contribution < -0.4 is 5.73 Å². The Hall–Kier alpha value is -0.970. The van der Waals surface area contributed by atoms with Crippen LogP contribution in [-0.2, 0) is 0 Å². The van der Waals surface area contributed by atoms with E-state index in [1.165, 1.54) is 6.07 Å². The molecule has 1 aromatic rings. The average molecular weight is 293 g/mol. The molecule has 2 N–H and O–H groups in total. The van der Waals surface area contributed by atoms with E-state index in [2.05, 4.69) is 30.6 Å². The van der Waals surface area contributed by atoms with Gasteiger partial charge < -0.3 is 5.73 Å². The van der Waals surface area contributed by atoms with Crippen molar-refractivity contribution >= 4 is 0 Å². The standard InChI is InChI=1S/C17H28FN3/c1-4-16(19)17(14-7-5-6-8-15(14)18)21-11-9-20(10-12-21)13(2)3/h5-8,13,16-17H,4,9-12,19H2,1-3H3. The third-order valence-electron chi connectivity index (χ3n) is 4.57. The monoisotopic (exact) mass is 293 g/mol. The normalized spacial score (nSPS) is 20.7. The van der Waals surface area contributed by atoms with Crippen molar-refractivity contribution < 1.29 is 4.39 Å². The molecule has 2 rings (SSSR count). The second-order valence-corrected chi connectivity index (χ2v) is 6.20. The molecule has 1 saturated heterocycles. The highest BCUT2D eigenvalue weighted by Gasteiger charge is 2.30. The molecule has 4 heteroatoms. The van der Waals surface area contributed by atoms with Gasteiger partial charge in [-0.05, 0) is 26.3 Å². The maximum atomic E-state index is 14.2. The summed E-state index contributed by atoms with van der Waals surface area (Å²) in [4.78, 5) is 4.82. The largest absolute Gasteiger partial charge is 0.326 e. The van der Waals surface area contributed by atoms with Crippen LogP contribution in [0.5, 0.6) is 0 Å². The summed E-state index contributed by atoms with van der Waals surface area (Å²) in [6.45, 7) is 10.5.